The van der Waals surface area contributed by atoms with Crippen LogP contribution in [0.2, 0.25) is 5.02 Å². The molecule has 34 heavy (non-hydrogen) atoms. The number of aliphatic imine (C=N–C) groups is 1. The maximum atomic E-state index is 13.2. The molecule has 1 aromatic carbocycles. The van der Waals surface area contributed by atoms with E-state index in [1.165, 1.54) is 12.3 Å². The van der Waals surface area contributed by atoms with Gasteiger partial charge in [0.25, 0.3) is 0 Å². The van der Waals surface area contributed by atoms with Crippen LogP contribution in [0.1, 0.15) is 49.8 Å². The van der Waals surface area contributed by atoms with Gasteiger partial charge in [0.2, 0.25) is 11.8 Å². The number of pyridine rings is 1. The minimum atomic E-state index is -2.93. The number of nitrogens with zero attached hydrogens (tertiary/aromatic N) is 3. The Morgan fingerprint density at radius 3 is 2.79 bits per heavy atom. The van der Waals surface area contributed by atoms with Crippen molar-refractivity contribution in [3.63, 3.8) is 0 Å². The summed E-state index contributed by atoms with van der Waals surface area (Å²) in [5.74, 6) is -0.0485. The van der Waals surface area contributed by atoms with Crippen LogP contribution in [0.25, 0.3) is 0 Å². The van der Waals surface area contributed by atoms with Crippen molar-refractivity contribution in [2.45, 2.75) is 63.8 Å². The monoisotopic (exact) mass is 492 g/mol. The number of benzene rings is 1. The van der Waals surface area contributed by atoms with Gasteiger partial charge in [0, 0.05) is 36.4 Å². The number of hydrogen-bond donors (Lipinski definition) is 1. The van der Waals surface area contributed by atoms with Gasteiger partial charge in [-0.3, -0.25) is 9.69 Å². The van der Waals surface area contributed by atoms with Crippen LogP contribution in [0.15, 0.2) is 41.5 Å². The zero-order valence-corrected chi connectivity index (χ0v) is 19.8. The molecular formula is C24H27ClF2N4O3. The molecule has 3 atom stereocenters. The van der Waals surface area contributed by atoms with Crippen LogP contribution < -0.4 is 10.5 Å². The highest BCUT2D eigenvalue weighted by Gasteiger charge is 2.42. The lowest BCUT2D eigenvalue weighted by Crippen LogP contribution is -2.56. The molecule has 1 fully saturated rings. The second-order valence-electron chi connectivity index (χ2n) is 8.88. The first-order chi connectivity index (χ1) is 16.2. The summed E-state index contributed by atoms with van der Waals surface area (Å²) in [6, 6.07) is 8.58. The van der Waals surface area contributed by atoms with Crippen LogP contribution in [-0.2, 0) is 21.5 Å². The van der Waals surface area contributed by atoms with Crippen molar-refractivity contribution in [1.82, 2.24) is 9.88 Å². The van der Waals surface area contributed by atoms with Gasteiger partial charge in [-0.1, -0.05) is 35.9 Å². The number of hydrogen-bond acceptors (Lipinski definition) is 6. The first-order valence-corrected chi connectivity index (χ1v) is 11.5. The highest BCUT2D eigenvalue weighted by Crippen LogP contribution is 2.40. The minimum absolute atomic E-state index is 0.0316. The molecule has 0 spiro atoms. The topological polar surface area (TPSA) is 90.0 Å². The van der Waals surface area contributed by atoms with Gasteiger partial charge in [-0.15, -0.1) is 0 Å². The quantitative estimate of drug-likeness (QED) is 0.650. The molecule has 0 saturated carbocycles. The van der Waals surface area contributed by atoms with Gasteiger partial charge in [-0.25, -0.2) is 9.98 Å². The van der Waals surface area contributed by atoms with E-state index < -0.39 is 12.2 Å². The van der Waals surface area contributed by atoms with E-state index in [2.05, 4.69) is 9.72 Å². The number of carbonyl (C=O) groups is 1. The Labute approximate surface area is 201 Å². The average molecular weight is 493 g/mol. The third kappa shape index (κ3) is 5.15. The van der Waals surface area contributed by atoms with Gasteiger partial charge in [0.05, 0.1) is 18.1 Å². The number of ether oxygens (including phenoxy) is 2. The molecule has 2 aliphatic rings. The Morgan fingerprint density at radius 2 is 2.15 bits per heavy atom. The molecule has 0 bridgehead atoms. The largest absolute Gasteiger partial charge is 0.417 e. The van der Waals surface area contributed by atoms with Crippen molar-refractivity contribution in [3.8, 4) is 5.88 Å². The van der Waals surface area contributed by atoms with E-state index in [9.17, 15) is 13.6 Å². The summed E-state index contributed by atoms with van der Waals surface area (Å²) < 4.78 is 34.6. The molecular weight excluding hydrogens is 466 g/mol. The summed E-state index contributed by atoms with van der Waals surface area (Å²) in [5.41, 5.74) is 7.68. The lowest BCUT2D eigenvalue weighted by molar-refractivity contribution is -0.133. The van der Waals surface area contributed by atoms with Gasteiger partial charge >= 0.3 is 6.61 Å². The fraction of sp³-hybridized carbons (Fsp3) is 0.458. The third-order valence-electron chi connectivity index (χ3n) is 6.26. The van der Waals surface area contributed by atoms with Crippen molar-refractivity contribution < 1.29 is 23.0 Å². The first-order valence-electron chi connectivity index (χ1n) is 11.1. The van der Waals surface area contributed by atoms with Crippen molar-refractivity contribution in [2.24, 2.45) is 10.7 Å². The molecule has 0 radical (unpaired) electrons. The number of aromatic nitrogens is 1. The van der Waals surface area contributed by atoms with Crippen LogP contribution in [0, 0.1) is 0 Å². The highest BCUT2D eigenvalue weighted by atomic mass is 35.5. The number of halogens is 3. The molecule has 4 rings (SSSR count). The van der Waals surface area contributed by atoms with Crippen molar-refractivity contribution in [1.29, 1.82) is 0 Å². The standard InChI is InChI=1S/C24H27ClF2N4O3/c1-14-10-17(8-9-33-14)31-20(32)12-24(2,30-23(31)28)18-5-3-4-16(21(18)25)11-15-6-7-19(29-13-15)34-22(26)27/h3-7,13-14,17,22H,8-12H2,1-2H3,(H2,28,30)/t14-,17+,24+/m1/s1. The number of guanidine groups is 1. The smallest absolute Gasteiger partial charge is 0.388 e. The van der Waals surface area contributed by atoms with Gasteiger partial charge in [-0.2, -0.15) is 8.78 Å². The lowest BCUT2D eigenvalue weighted by Gasteiger charge is -2.41. The van der Waals surface area contributed by atoms with E-state index >= 15 is 0 Å². The van der Waals surface area contributed by atoms with Crippen molar-refractivity contribution >= 4 is 23.5 Å². The maximum absolute atomic E-state index is 13.2. The second kappa shape index (κ2) is 9.84. The molecule has 1 saturated heterocycles. The molecule has 7 nitrogen and oxygen atoms in total. The Balaban J connectivity index is 1.57. The van der Waals surface area contributed by atoms with Crippen LogP contribution >= 0.6 is 11.6 Å². The zero-order valence-electron chi connectivity index (χ0n) is 19.0. The van der Waals surface area contributed by atoms with E-state index in [4.69, 9.17) is 27.1 Å². The predicted molar refractivity (Wildman–Crippen MR) is 124 cm³/mol. The Bertz CT molecular complexity index is 1080. The van der Waals surface area contributed by atoms with Crippen LogP contribution in [0.4, 0.5) is 8.78 Å². The third-order valence-corrected chi connectivity index (χ3v) is 6.70. The molecule has 10 heteroatoms. The van der Waals surface area contributed by atoms with E-state index in [0.717, 1.165) is 11.1 Å². The highest BCUT2D eigenvalue weighted by molar-refractivity contribution is 6.32. The molecule has 182 valence electrons. The summed E-state index contributed by atoms with van der Waals surface area (Å²) >= 11 is 6.79. The van der Waals surface area contributed by atoms with Gasteiger partial charge < -0.3 is 15.2 Å². The summed E-state index contributed by atoms with van der Waals surface area (Å²) in [6.07, 6.45) is 3.52. The van der Waals surface area contributed by atoms with Crippen LogP contribution in [0.5, 0.6) is 5.88 Å². The molecule has 0 unspecified atom stereocenters. The molecule has 2 N–H and O–H groups in total. The Morgan fingerprint density at radius 1 is 1.35 bits per heavy atom. The molecule has 0 aliphatic carbocycles. The number of amides is 1. The van der Waals surface area contributed by atoms with Crippen molar-refractivity contribution in [2.75, 3.05) is 6.61 Å². The summed E-state index contributed by atoms with van der Waals surface area (Å²) in [5, 5.41) is 0.482. The zero-order chi connectivity index (χ0) is 24.5. The fourth-order valence-corrected chi connectivity index (χ4v) is 5.03. The second-order valence-corrected chi connectivity index (χ2v) is 9.26. The SMILES string of the molecule is C[C@@H]1C[C@@H](N2C(=O)C[C@@](C)(c3cccc(Cc4ccc(OC(F)F)nc4)c3Cl)N=C2N)CCO1. The Kier molecular flexibility index (Phi) is 7.04. The molecule has 2 aliphatic heterocycles. The molecule has 2 aromatic rings. The first kappa shape index (κ1) is 24.3. The normalized spacial score (nSPS) is 25.4. The van der Waals surface area contributed by atoms with Gasteiger partial charge in [0.15, 0.2) is 5.96 Å². The van der Waals surface area contributed by atoms with E-state index in [1.54, 1.807) is 11.0 Å². The predicted octanol–water partition coefficient (Wildman–Crippen LogP) is 4.26. The summed E-state index contributed by atoms with van der Waals surface area (Å²) in [4.78, 5) is 23.5. The van der Waals surface area contributed by atoms with Crippen molar-refractivity contribution in [3.05, 3.63) is 58.2 Å². The van der Waals surface area contributed by atoms with Crippen LogP contribution in [0.3, 0.4) is 0 Å². The van der Waals surface area contributed by atoms with E-state index in [-0.39, 0.29) is 36.3 Å². The van der Waals surface area contributed by atoms with E-state index in [1.807, 2.05) is 32.0 Å². The number of carbonyl (C=O) groups excluding carboxylic acids is 1. The lowest BCUT2D eigenvalue weighted by atomic mass is 9.85. The number of nitrogens with two attached hydrogens (primary N) is 1. The Hall–Kier alpha value is -2.78. The molecule has 3 heterocycles. The average Bonchev–Trinajstić information content (AvgIpc) is 2.75. The summed E-state index contributed by atoms with van der Waals surface area (Å²) in [7, 11) is 0. The molecule has 1 amide bonds. The maximum Gasteiger partial charge on any atom is 0.388 e. The van der Waals surface area contributed by atoms with E-state index in [0.29, 0.717) is 36.5 Å². The minimum Gasteiger partial charge on any atom is -0.417 e. The van der Waals surface area contributed by atoms with Gasteiger partial charge in [0.1, 0.15) is 0 Å². The molecule has 1 aromatic heterocycles. The van der Waals surface area contributed by atoms with Crippen LogP contribution in [-0.4, -0.2) is 47.1 Å². The summed E-state index contributed by atoms with van der Waals surface area (Å²) in [6.45, 7) is 1.49. The number of rotatable bonds is 6. The number of alkyl halides is 2. The van der Waals surface area contributed by atoms with Gasteiger partial charge in [-0.05, 0) is 43.4 Å². The fourth-order valence-electron chi connectivity index (χ4n) is 4.64.